The van der Waals surface area contributed by atoms with Gasteiger partial charge in [-0.3, -0.25) is 10.5 Å². The number of carbonyl (C=O) groups is 1. The molecule has 0 spiro atoms. The van der Waals surface area contributed by atoms with Gasteiger partial charge in [-0.1, -0.05) is 11.8 Å². The van der Waals surface area contributed by atoms with Gasteiger partial charge in [-0.15, -0.1) is 0 Å². The molecule has 1 aliphatic rings. The highest BCUT2D eigenvalue weighted by Crippen LogP contribution is 2.27. The third-order valence-electron chi connectivity index (χ3n) is 1.33. The van der Waals surface area contributed by atoms with E-state index in [1.54, 1.807) is 0 Å². The second-order valence-electron chi connectivity index (χ2n) is 2.34. The molecule has 0 aromatic heterocycles. The first-order valence-corrected chi connectivity index (χ1v) is 3.85. The fourth-order valence-corrected chi connectivity index (χ4v) is 1.51. The molecule has 4 heteroatoms. The zero-order valence-corrected chi connectivity index (χ0v) is 6.79. The molecule has 3 nitrogen and oxygen atoms in total. The van der Waals surface area contributed by atoms with E-state index in [0.717, 1.165) is 5.70 Å². The van der Waals surface area contributed by atoms with E-state index in [4.69, 9.17) is 5.73 Å². The van der Waals surface area contributed by atoms with Crippen molar-refractivity contribution >= 4 is 17.5 Å². The summed E-state index contributed by atoms with van der Waals surface area (Å²) in [5.41, 5.74) is 6.59. The summed E-state index contributed by atoms with van der Waals surface area (Å²) in [6.07, 6.45) is 0. The molecule has 1 unspecified atom stereocenters. The van der Waals surface area contributed by atoms with Crippen LogP contribution >= 0.6 is 11.8 Å². The number of hydrogen-bond acceptors (Lipinski definition) is 4. The van der Waals surface area contributed by atoms with Crippen molar-refractivity contribution < 1.29 is 4.79 Å². The molecule has 0 radical (unpaired) electrons. The van der Waals surface area contributed by atoms with Crippen LogP contribution in [0.25, 0.3) is 0 Å². The molecule has 0 saturated heterocycles. The van der Waals surface area contributed by atoms with E-state index in [1.165, 1.54) is 18.7 Å². The molecule has 3 N–H and O–H groups in total. The second kappa shape index (κ2) is 2.29. The highest BCUT2D eigenvalue weighted by atomic mass is 32.2. The number of allylic oxidation sites excluding steroid dienone is 1. The maximum atomic E-state index is 10.9. The van der Waals surface area contributed by atoms with Crippen LogP contribution in [0.1, 0.15) is 13.8 Å². The summed E-state index contributed by atoms with van der Waals surface area (Å²) in [6, 6.07) is 0. The minimum Gasteiger partial charge on any atom is -0.356 e. The van der Waals surface area contributed by atoms with Gasteiger partial charge in [-0.2, -0.15) is 0 Å². The molecule has 1 rings (SSSR count). The fourth-order valence-electron chi connectivity index (χ4n) is 0.704. The Labute approximate surface area is 64.0 Å². The van der Waals surface area contributed by atoms with Gasteiger partial charge in [0.25, 0.3) is 0 Å². The Kier molecular flexibility index (Phi) is 1.74. The molecule has 1 atom stereocenters. The third-order valence-corrected chi connectivity index (χ3v) is 2.56. The molecule has 1 heterocycles. The Hall–Kier alpha value is -0.480. The molecular weight excluding hydrogens is 148 g/mol. The lowest BCUT2D eigenvalue weighted by Crippen LogP contribution is -2.52. The summed E-state index contributed by atoms with van der Waals surface area (Å²) < 4.78 is 0. The van der Waals surface area contributed by atoms with E-state index in [-0.39, 0.29) is 5.78 Å². The zero-order chi connectivity index (χ0) is 7.78. The highest BCUT2D eigenvalue weighted by Gasteiger charge is 2.33. The first-order chi connectivity index (χ1) is 4.54. The van der Waals surface area contributed by atoms with Gasteiger partial charge in [0, 0.05) is 5.70 Å². The average Bonchev–Trinajstić information content (AvgIpc) is 2.13. The summed E-state index contributed by atoms with van der Waals surface area (Å²) in [4.78, 5) is 9.97. The summed E-state index contributed by atoms with van der Waals surface area (Å²) in [5.74, 6) is -0.0504. The van der Waals surface area contributed by atoms with Gasteiger partial charge in [0.15, 0.2) is 10.8 Å². The lowest BCUT2D eigenvalue weighted by Gasteiger charge is -2.20. The number of hydrogen-bond donors (Lipinski definition) is 2. The number of ketones is 1. The van der Waals surface area contributed by atoms with Crippen LogP contribution in [0, 0.1) is 0 Å². The monoisotopic (exact) mass is 158 g/mol. The first kappa shape index (κ1) is 7.63. The molecule has 0 amide bonds. The van der Waals surface area contributed by atoms with Gasteiger partial charge < -0.3 is 5.32 Å². The van der Waals surface area contributed by atoms with Crippen LogP contribution in [0.3, 0.4) is 0 Å². The van der Waals surface area contributed by atoms with E-state index in [0.29, 0.717) is 0 Å². The van der Waals surface area contributed by atoms with Crippen LogP contribution < -0.4 is 11.1 Å². The van der Waals surface area contributed by atoms with Gasteiger partial charge >= 0.3 is 0 Å². The average molecular weight is 158 g/mol. The molecule has 1 aliphatic heterocycles. The van der Waals surface area contributed by atoms with Crippen molar-refractivity contribution in [3.8, 4) is 0 Å². The molecule has 0 aromatic rings. The quantitative estimate of drug-likeness (QED) is 0.579. The number of carbonyl (C=O) groups excluding carboxylic acids is 1. The maximum Gasteiger partial charge on any atom is 0.198 e. The van der Waals surface area contributed by atoms with Crippen molar-refractivity contribution in [1.82, 2.24) is 5.32 Å². The van der Waals surface area contributed by atoms with E-state index in [1.807, 2.05) is 12.3 Å². The smallest absolute Gasteiger partial charge is 0.198 e. The van der Waals surface area contributed by atoms with Crippen LogP contribution in [0.2, 0.25) is 0 Å². The highest BCUT2D eigenvalue weighted by molar-refractivity contribution is 8.04. The molecule has 0 aliphatic carbocycles. The lowest BCUT2D eigenvalue weighted by atomic mass is 10.3. The fraction of sp³-hybridized carbons (Fsp3) is 0.500. The van der Waals surface area contributed by atoms with Crippen LogP contribution in [0.5, 0.6) is 0 Å². The van der Waals surface area contributed by atoms with Crippen LogP contribution in [-0.2, 0) is 4.79 Å². The molecule has 10 heavy (non-hydrogen) atoms. The SMILES string of the molecule is CC(=O)C1(N)NC(C)=CS1. The van der Waals surface area contributed by atoms with Gasteiger partial charge in [-0.25, -0.2) is 0 Å². The lowest BCUT2D eigenvalue weighted by molar-refractivity contribution is -0.119. The standard InChI is InChI=1S/C6H10N2OS/c1-4-3-10-6(7,8-4)5(2)9/h3,8H,7H2,1-2H3. The third kappa shape index (κ3) is 1.17. The molecule has 0 fully saturated rings. The maximum absolute atomic E-state index is 10.9. The second-order valence-corrected chi connectivity index (χ2v) is 3.45. The van der Waals surface area contributed by atoms with Crippen molar-refractivity contribution in [1.29, 1.82) is 0 Å². The number of rotatable bonds is 1. The summed E-state index contributed by atoms with van der Waals surface area (Å²) in [7, 11) is 0. The van der Waals surface area contributed by atoms with Gasteiger partial charge in [-0.05, 0) is 19.3 Å². The minimum atomic E-state index is -0.899. The largest absolute Gasteiger partial charge is 0.356 e. The zero-order valence-electron chi connectivity index (χ0n) is 5.97. The van der Waals surface area contributed by atoms with Crippen LogP contribution in [0.15, 0.2) is 11.1 Å². The van der Waals surface area contributed by atoms with E-state index in [9.17, 15) is 4.79 Å². The molecule has 56 valence electrons. The van der Waals surface area contributed by atoms with E-state index < -0.39 is 4.99 Å². The van der Waals surface area contributed by atoms with Crippen molar-refractivity contribution in [3.63, 3.8) is 0 Å². The Morgan fingerprint density at radius 2 is 2.50 bits per heavy atom. The van der Waals surface area contributed by atoms with Crippen molar-refractivity contribution in [2.45, 2.75) is 18.8 Å². The molecule has 0 aromatic carbocycles. The molecular formula is C6H10N2OS. The van der Waals surface area contributed by atoms with Crippen molar-refractivity contribution in [2.24, 2.45) is 5.73 Å². The number of thioether (sulfide) groups is 1. The number of nitrogens with two attached hydrogens (primary N) is 1. The Morgan fingerprint density at radius 1 is 1.90 bits per heavy atom. The Balaban J connectivity index is 2.70. The summed E-state index contributed by atoms with van der Waals surface area (Å²) in [5, 5.41) is 4.73. The van der Waals surface area contributed by atoms with E-state index in [2.05, 4.69) is 5.32 Å². The number of Topliss-reactive ketones (excluding diaryl/α,β-unsaturated/α-hetero) is 1. The van der Waals surface area contributed by atoms with Crippen LogP contribution in [0.4, 0.5) is 0 Å². The van der Waals surface area contributed by atoms with Crippen molar-refractivity contribution in [2.75, 3.05) is 0 Å². The van der Waals surface area contributed by atoms with Gasteiger partial charge in [0.05, 0.1) is 0 Å². The van der Waals surface area contributed by atoms with E-state index >= 15 is 0 Å². The summed E-state index contributed by atoms with van der Waals surface area (Å²) in [6.45, 7) is 3.36. The first-order valence-electron chi connectivity index (χ1n) is 2.97. The number of nitrogens with one attached hydrogen (secondary N) is 1. The van der Waals surface area contributed by atoms with Gasteiger partial charge in [0.2, 0.25) is 0 Å². The molecule has 0 saturated carbocycles. The Bertz CT molecular complexity index is 202. The minimum absolute atomic E-state index is 0.0504. The molecule has 0 bridgehead atoms. The normalized spacial score (nSPS) is 31.3. The Morgan fingerprint density at radius 3 is 2.70 bits per heavy atom. The van der Waals surface area contributed by atoms with Crippen LogP contribution in [-0.4, -0.2) is 10.8 Å². The van der Waals surface area contributed by atoms with Crippen molar-refractivity contribution in [3.05, 3.63) is 11.1 Å². The summed E-state index contributed by atoms with van der Waals surface area (Å²) >= 11 is 1.32. The topological polar surface area (TPSA) is 55.1 Å². The van der Waals surface area contributed by atoms with Gasteiger partial charge in [0.1, 0.15) is 0 Å². The predicted molar refractivity (Wildman–Crippen MR) is 42.1 cm³/mol. The predicted octanol–water partition coefficient (Wildman–Crippen LogP) is 0.386.